The first-order valence-electron chi connectivity index (χ1n) is 4.99. The largest absolute Gasteiger partial charge is 0.366 e. The summed E-state index contributed by atoms with van der Waals surface area (Å²) in [5.74, 6) is 1.01. The van der Waals surface area contributed by atoms with Crippen molar-refractivity contribution in [1.82, 2.24) is 4.98 Å². The average Bonchev–Trinajstić information content (AvgIpc) is 2.15. The third-order valence-corrected chi connectivity index (χ3v) is 2.47. The van der Waals surface area contributed by atoms with E-state index >= 15 is 0 Å². The lowest BCUT2D eigenvalue weighted by atomic mass is 9.84. The van der Waals surface area contributed by atoms with E-state index < -0.39 is 0 Å². The molecule has 0 saturated heterocycles. The van der Waals surface area contributed by atoms with E-state index in [4.69, 9.17) is 0 Å². The van der Waals surface area contributed by atoms with Crippen molar-refractivity contribution in [1.29, 1.82) is 0 Å². The van der Waals surface area contributed by atoms with E-state index in [0.717, 1.165) is 12.4 Å². The van der Waals surface area contributed by atoms with Gasteiger partial charge in [-0.1, -0.05) is 32.9 Å². The lowest BCUT2D eigenvalue weighted by Gasteiger charge is -2.24. The summed E-state index contributed by atoms with van der Waals surface area (Å²) in [5.41, 5.74) is 2.77. The van der Waals surface area contributed by atoms with Gasteiger partial charge in [-0.3, -0.25) is 0 Å². The number of pyridine rings is 1. The van der Waals surface area contributed by atoms with Crippen LogP contribution in [0.1, 0.15) is 31.9 Å². The second kappa shape index (κ2) is 3.12. The molecule has 0 aromatic carbocycles. The number of nitrogens with zero attached hydrogens (tertiary/aromatic N) is 1. The smallest absolute Gasteiger partial charge is 0.133 e. The van der Waals surface area contributed by atoms with E-state index in [1.54, 1.807) is 0 Å². The van der Waals surface area contributed by atoms with Gasteiger partial charge in [-0.15, -0.1) is 0 Å². The number of rotatable bonds is 0. The maximum absolute atomic E-state index is 4.33. The number of nitrogens with one attached hydrogen (secondary N) is 1. The number of hydrogen-bond donors (Lipinski definition) is 1. The van der Waals surface area contributed by atoms with Gasteiger partial charge in [0, 0.05) is 18.3 Å². The standard InChI is InChI=1S/C12H16N2/c1-12(2,3)10-6-8-14-11-9(10)5-4-7-13-11/h4-6,8H,7H2,1-3H3,(H,13,14). The summed E-state index contributed by atoms with van der Waals surface area (Å²) in [6, 6.07) is 2.11. The van der Waals surface area contributed by atoms with Crippen molar-refractivity contribution >= 4 is 11.9 Å². The van der Waals surface area contributed by atoms with Gasteiger partial charge in [0.05, 0.1) is 0 Å². The fourth-order valence-corrected chi connectivity index (χ4v) is 1.77. The van der Waals surface area contributed by atoms with Gasteiger partial charge in [0.15, 0.2) is 0 Å². The zero-order chi connectivity index (χ0) is 10.2. The van der Waals surface area contributed by atoms with Crippen molar-refractivity contribution in [3.8, 4) is 0 Å². The van der Waals surface area contributed by atoms with Gasteiger partial charge >= 0.3 is 0 Å². The predicted octanol–water partition coefficient (Wildman–Crippen LogP) is 2.82. The molecule has 1 aromatic heterocycles. The third-order valence-electron chi connectivity index (χ3n) is 2.47. The molecule has 0 fully saturated rings. The first kappa shape index (κ1) is 9.25. The molecule has 0 aliphatic carbocycles. The van der Waals surface area contributed by atoms with Gasteiger partial charge in [0.2, 0.25) is 0 Å². The molecule has 1 aliphatic rings. The minimum Gasteiger partial charge on any atom is -0.366 e. The Morgan fingerprint density at radius 3 is 2.86 bits per heavy atom. The molecular formula is C12H16N2. The Morgan fingerprint density at radius 1 is 1.36 bits per heavy atom. The molecule has 0 spiro atoms. The molecule has 2 rings (SSSR count). The van der Waals surface area contributed by atoms with Crippen molar-refractivity contribution in [3.63, 3.8) is 0 Å². The van der Waals surface area contributed by atoms with Crippen molar-refractivity contribution in [2.75, 3.05) is 11.9 Å². The van der Waals surface area contributed by atoms with Crippen LogP contribution in [0.2, 0.25) is 0 Å². The minimum absolute atomic E-state index is 0.177. The van der Waals surface area contributed by atoms with E-state index in [2.05, 4.69) is 49.3 Å². The van der Waals surface area contributed by atoms with Crippen LogP contribution >= 0.6 is 0 Å². The molecule has 1 aliphatic heterocycles. The van der Waals surface area contributed by atoms with E-state index in [1.165, 1.54) is 11.1 Å². The van der Waals surface area contributed by atoms with Crippen molar-refractivity contribution in [2.24, 2.45) is 0 Å². The highest BCUT2D eigenvalue weighted by Gasteiger charge is 2.20. The lowest BCUT2D eigenvalue weighted by molar-refractivity contribution is 0.588. The Morgan fingerprint density at radius 2 is 2.14 bits per heavy atom. The summed E-state index contributed by atoms with van der Waals surface area (Å²) in [5, 5.41) is 3.28. The topological polar surface area (TPSA) is 24.9 Å². The van der Waals surface area contributed by atoms with E-state index in [9.17, 15) is 0 Å². The number of hydrogen-bond acceptors (Lipinski definition) is 2. The van der Waals surface area contributed by atoms with Crippen molar-refractivity contribution < 1.29 is 0 Å². The van der Waals surface area contributed by atoms with Crippen LogP contribution in [0.15, 0.2) is 18.3 Å². The molecule has 2 heteroatoms. The van der Waals surface area contributed by atoms with E-state index in [0.29, 0.717) is 0 Å². The lowest BCUT2D eigenvalue weighted by Crippen LogP contribution is -2.17. The zero-order valence-corrected chi connectivity index (χ0v) is 8.96. The molecule has 0 unspecified atom stereocenters. The van der Waals surface area contributed by atoms with Crippen LogP contribution in [0.3, 0.4) is 0 Å². The fourth-order valence-electron chi connectivity index (χ4n) is 1.77. The summed E-state index contributed by atoms with van der Waals surface area (Å²) in [4.78, 5) is 4.33. The highest BCUT2D eigenvalue weighted by atomic mass is 15.0. The van der Waals surface area contributed by atoms with Crippen LogP contribution in [0.25, 0.3) is 6.08 Å². The highest BCUT2D eigenvalue weighted by Crippen LogP contribution is 2.31. The van der Waals surface area contributed by atoms with Crippen LogP contribution in [-0.4, -0.2) is 11.5 Å². The molecule has 0 saturated carbocycles. The van der Waals surface area contributed by atoms with Gasteiger partial charge < -0.3 is 5.32 Å². The van der Waals surface area contributed by atoms with Crippen LogP contribution in [0.4, 0.5) is 5.82 Å². The zero-order valence-electron chi connectivity index (χ0n) is 8.96. The van der Waals surface area contributed by atoms with Crippen LogP contribution in [0.5, 0.6) is 0 Å². The quantitative estimate of drug-likeness (QED) is 0.677. The maximum atomic E-state index is 4.33. The number of aromatic nitrogens is 1. The molecule has 0 bridgehead atoms. The van der Waals surface area contributed by atoms with Gasteiger partial charge in [-0.2, -0.15) is 0 Å². The van der Waals surface area contributed by atoms with Crippen LogP contribution in [-0.2, 0) is 5.41 Å². The fraction of sp³-hybridized carbons (Fsp3) is 0.417. The average molecular weight is 188 g/mol. The Kier molecular flexibility index (Phi) is 2.06. The van der Waals surface area contributed by atoms with Gasteiger partial charge in [0.25, 0.3) is 0 Å². The Balaban J connectivity index is 2.58. The molecule has 1 N–H and O–H groups in total. The van der Waals surface area contributed by atoms with E-state index in [-0.39, 0.29) is 5.41 Å². The summed E-state index contributed by atoms with van der Waals surface area (Å²) < 4.78 is 0. The van der Waals surface area contributed by atoms with Crippen molar-refractivity contribution in [3.05, 3.63) is 29.5 Å². The molecule has 74 valence electrons. The second-order valence-corrected chi connectivity index (χ2v) is 4.65. The van der Waals surface area contributed by atoms with Gasteiger partial charge in [-0.25, -0.2) is 4.98 Å². The maximum Gasteiger partial charge on any atom is 0.133 e. The number of fused-ring (bicyclic) bond motifs is 1. The molecule has 2 nitrogen and oxygen atoms in total. The monoisotopic (exact) mass is 188 g/mol. The summed E-state index contributed by atoms with van der Waals surface area (Å²) >= 11 is 0. The second-order valence-electron chi connectivity index (χ2n) is 4.65. The minimum atomic E-state index is 0.177. The molecule has 0 amide bonds. The highest BCUT2D eigenvalue weighted by molar-refractivity contribution is 5.70. The summed E-state index contributed by atoms with van der Waals surface area (Å²) in [7, 11) is 0. The Bertz CT molecular complexity index is 372. The molecule has 1 aromatic rings. The van der Waals surface area contributed by atoms with Crippen LogP contribution < -0.4 is 5.32 Å². The summed E-state index contributed by atoms with van der Waals surface area (Å²) in [6.07, 6.45) is 6.18. The third kappa shape index (κ3) is 1.52. The van der Waals surface area contributed by atoms with Gasteiger partial charge in [0.1, 0.15) is 5.82 Å². The van der Waals surface area contributed by atoms with Crippen molar-refractivity contribution in [2.45, 2.75) is 26.2 Å². The van der Waals surface area contributed by atoms with Crippen LogP contribution in [0, 0.1) is 0 Å². The first-order valence-corrected chi connectivity index (χ1v) is 4.99. The molecular weight excluding hydrogens is 172 g/mol. The number of anilines is 1. The normalized spacial score (nSPS) is 14.8. The van der Waals surface area contributed by atoms with E-state index in [1.807, 2.05) is 6.20 Å². The SMILES string of the molecule is CC(C)(C)c1ccnc2c1C=CCN2. The molecule has 14 heavy (non-hydrogen) atoms. The first-order chi connectivity index (χ1) is 6.59. The predicted molar refractivity (Wildman–Crippen MR) is 60.5 cm³/mol. The molecule has 2 heterocycles. The molecule has 0 radical (unpaired) electrons. The Labute approximate surface area is 85.1 Å². The molecule has 0 atom stereocenters. The van der Waals surface area contributed by atoms with Gasteiger partial charge in [-0.05, 0) is 17.0 Å². The Hall–Kier alpha value is -1.31. The summed E-state index contributed by atoms with van der Waals surface area (Å²) in [6.45, 7) is 7.56.